The molecule has 3 N–H and O–H groups in total. The molecule has 100 valence electrons. The SMILES string of the molecule is Cc1ccc(C)c(CC(O)c2cc(Br)ccc2N)c1. The second-order valence-electron chi connectivity index (χ2n) is 4.92. The fraction of sp³-hybridized carbons (Fsp3) is 0.250. The summed E-state index contributed by atoms with van der Waals surface area (Å²) in [6.45, 7) is 4.12. The van der Waals surface area contributed by atoms with Crippen LogP contribution in [0.4, 0.5) is 5.69 Å². The predicted molar refractivity (Wildman–Crippen MR) is 83.1 cm³/mol. The molecule has 2 nitrogen and oxygen atoms in total. The Morgan fingerprint density at radius 3 is 2.63 bits per heavy atom. The van der Waals surface area contributed by atoms with Crippen LogP contribution in [0.15, 0.2) is 40.9 Å². The fourth-order valence-electron chi connectivity index (χ4n) is 2.17. The van der Waals surface area contributed by atoms with Gasteiger partial charge in [0.1, 0.15) is 0 Å². The number of aliphatic hydroxyl groups is 1. The molecule has 0 radical (unpaired) electrons. The summed E-state index contributed by atoms with van der Waals surface area (Å²) in [5.74, 6) is 0. The smallest absolute Gasteiger partial charge is 0.0850 e. The van der Waals surface area contributed by atoms with Crippen LogP contribution in [0.2, 0.25) is 0 Å². The van der Waals surface area contributed by atoms with Gasteiger partial charge in [0.2, 0.25) is 0 Å². The maximum absolute atomic E-state index is 10.4. The molecule has 0 aliphatic rings. The summed E-state index contributed by atoms with van der Waals surface area (Å²) < 4.78 is 0.928. The van der Waals surface area contributed by atoms with Gasteiger partial charge in [-0.1, -0.05) is 39.7 Å². The Bertz CT molecular complexity index is 595. The molecule has 0 amide bonds. The molecule has 0 aliphatic carbocycles. The number of hydrogen-bond acceptors (Lipinski definition) is 2. The molecule has 0 heterocycles. The number of nitrogens with two attached hydrogens (primary N) is 1. The van der Waals surface area contributed by atoms with E-state index in [1.165, 1.54) is 11.1 Å². The molecule has 0 saturated heterocycles. The minimum atomic E-state index is -0.585. The lowest BCUT2D eigenvalue weighted by Crippen LogP contribution is -2.06. The highest BCUT2D eigenvalue weighted by atomic mass is 79.9. The van der Waals surface area contributed by atoms with Gasteiger partial charge in [-0.25, -0.2) is 0 Å². The minimum Gasteiger partial charge on any atom is -0.398 e. The topological polar surface area (TPSA) is 46.2 Å². The minimum absolute atomic E-state index is 0.578. The van der Waals surface area contributed by atoms with Crippen LogP contribution < -0.4 is 5.73 Å². The number of halogens is 1. The van der Waals surface area contributed by atoms with E-state index in [1.54, 1.807) is 0 Å². The average Bonchev–Trinajstić information content (AvgIpc) is 2.36. The van der Waals surface area contributed by atoms with Crippen molar-refractivity contribution in [3.63, 3.8) is 0 Å². The number of aliphatic hydroxyl groups excluding tert-OH is 1. The van der Waals surface area contributed by atoms with E-state index < -0.39 is 6.10 Å². The van der Waals surface area contributed by atoms with Crippen molar-refractivity contribution in [1.82, 2.24) is 0 Å². The summed E-state index contributed by atoms with van der Waals surface area (Å²) in [6.07, 6.45) is -0.00764. The molecule has 0 bridgehead atoms. The van der Waals surface area contributed by atoms with Crippen LogP contribution >= 0.6 is 15.9 Å². The molecule has 0 saturated carbocycles. The third-order valence-corrected chi connectivity index (χ3v) is 3.82. The molecular weight excluding hydrogens is 302 g/mol. The van der Waals surface area contributed by atoms with Gasteiger partial charge in [0.25, 0.3) is 0 Å². The van der Waals surface area contributed by atoms with E-state index in [1.807, 2.05) is 18.2 Å². The first-order valence-corrected chi connectivity index (χ1v) is 7.06. The van der Waals surface area contributed by atoms with Crippen LogP contribution in [0.25, 0.3) is 0 Å². The second kappa shape index (κ2) is 5.76. The molecule has 3 heteroatoms. The van der Waals surface area contributed by atoms with Gasteiger partial charge in [0.05, 0.1) is 6.10 Å². The van der Waals surface area contributed by atoms with Crippen LogP contribution in [0.3, 0.4) is 0 Å². The monoisotopic (exact) mass is 319 g/mol. The maximum Gasteiger partial charge on any atom is 0.0850 e. The maximum atomic E-state index is 10.4. The summed E-state index contributed by atoms with van der Waals surface area (Å²) in [4.78, 5) is 0. The molecule has 2 aromatic rings. The van der Waals surface area contributed by atoms with Crippen molar-refractivity contribution in [3.8, 4) is 0 Å². The number of rotatable bonds is 3. The Hall–Kier alpha value is -1.32. The van der Waals surface area contributed by atoms with Crippen molar-refractivity contribution in [2.45, 2.75) is 26.4 Å². The van der Waals surface area contributed by atoms with E-state index in [0.29, 0.717) is 12.1 Å². The number of benzene rings is 2. The van der Waals surface area contributed by atoms with E-state index in [-0.39, 0.29) is 0 Å². The molecular formula is C16H18BrNO. The molecule has 2 aromatic carbocycles. The van der Waals surface area contributed by atoms with Crippen LogP contribution in [-0.4, -0.2) is 5.11 Å². The van der Waals surface area contributed by atoms with E-state index in [4.69, 9.17) is 5.73 Å². The number of anilines is 1. The first kappa shape index (κ1) is 14.1. The predicted octanol–water partition coefficient (Wildman–Crippen LogP) is 3.92. The Morgan fingerprint density at radius 1 is 1.16 bits per heavy atom. The molecule has 0 spiro atoms. The Morgan fingerprint density at radius 2 is 1.89 bits per heavy atom. The van der Waals surface area contributed by atoms with Crippen molar-refractivity contribution in [1.29, 1.82) is 0 Å². The lowest BCUT2D eigenvalue weighted by Gasteiger charge is -2.16. The van der Waals surface area contributed by atoms with Gasteiger partial charge in [0, 0.05) is 22.1 Å². The van der Waals surface area contributed by atoms with E-state index >= 15 is 0 Å². The van der Waals surface area contributed by atoms with E-state index in [2.05, 4.69) is 48.0 Å². The Balaban J connectivity index is 2.27. The fourth-order valence-corrected chi connectivity index (χ4v) is 2.55. The average molecular weight is 320 g/mol. The summed E-state index contributed by atoms with van der Waals surface area (Å²) in [5, 5.41) is 10.4. The Labute approximate surface area is 122 Å². The number of aryl methyl sites for hydroxylation is 2. The zero-order valence-electron chi connectivity index (χ0n) is 11.2. The molecule has 19 heavy (non-hydrogen) atoms. The molecule has 2 rings (SSSR count). The van der Waals surface area contributed by atoms with Crippen molar-refractivity contribution in [3.05, 3.63) is 63.1 Å². The zero-order chi connectivity index (χ0) is 14.0. The highest BCUT2D eigenvalue weighted by molar-refractivity contribution is 9.10. The summed E-state index contributed by atoms with van der Waals surface area (Å²) in [5.41, 5.74) is 10.9. The summed E-state index contributed by atoms with van der Waals surface area (Å²) in [7, 11) is 0. The molecule has 0 aliphatic heterocycles. The van der Waals surface area contributed by atoms with Gasteiger partial charge in [-0.15, -0.1) is 0 Å². The summed E-state index contributed by atoms with van der Waals surface area (Å²) in [6, 6.07) is 11.9. The molecule has 1 atom stereocenters. The van der Waals surface area contributed by atoms with Crippen molar-refractivity contribution in [2.24, 2.45) is 0 Å². The second-order valence-corrected chi connectivity index (χ2v) is 5.84. The van der Waals surface area contributed by atoms with Gasteiger partial charge in [-0.05, 0) is 43.2 Å². The quantitative estimate of drug-likeness (QED) is 0.842. The zero-order valence-corrected chi connectivity index (χ0v) is 12.7. The first-order valence-electron chi connectivity index (χ1n) is 6.26. The molecule has 1 unspecified atom stereocenters. The van der Waals surface area contributed by atoms with Gasteiger partial charge in [-0.3, -0.25) is 0 Å². The van der Waals surface area contributed by atoms with Crippen LogP contribution in [-0.2, 0) is 6.42 Å². The van der Waals surface area contributed by atoms with E-state index in [0.717, 1.165) is 15.6 Å². The van der Waals surface area contributed by atoms with Gasteiger partial charge >= 0.3 is 0 Å². The van der Waals surface area contributed by atoms with Crippen LogP contribution in [0.5, 0.6) is 0 Å². The highest BCUT2D eigenvalue weighted by Crippen LogP contribution is 2.28. The standard InChI is InChI=1S/C16H18BrNO/c1-10-3-4-11(2)12(7-10)8-16(19)14-9-13(17)5-6-15(14)18/h3-7,9,16,19H,8,18H2,1-2H3. The third kappa shape index (κ3) is 3.37. The number of hydrogen-bond donors (Lipinski definition) is 2. The first-order chi connectivity index (χ1) is 8.97. The molecule has 0 fully saturated rings. The van der Waals surface area contributed by atoms with Crippen LogP contribution in [0.1, 0.15) is 28.4 Å². The van der Waals surface area contributed by atoms with Gasteiger partial charge in [-0.2, -0.15) is 0 Å². The van der Waals surface area contributed by atoms with Crippen LogP contribution in [0, 0.1) is 13.8 Å². The highest BCUT2D eigenvalue weighted by Gasteiger charge is 2.13. The van der Waals surface area contributed by atoms with Gasteiger partial charge < -0.3 is 10.8 Å². The van der Waals surface area contributed by atoms with Gasteiger partial charge in [0.15, 0.2) is 0 Å². The van der Waals surface area contributed by atoms with Crippen molar-refractivity contribution in [2.75, 3.05) is 5.73 Å². The molecule has 0 aromatic heterocycles. The third-order valence-electron chi connectivity index (χ3n) is 3.33. The van der Waals surface area contributed by atoms with E-state index in [9.17, 15) is 5.11 Å². The summed E-state index contributed by atoms with van der Waals surface area (Å²) >= 11 is 3.41. The normalized spacial score (nSPS) is 12.4. The van der Waals surface area contributed by atoms with Crippen molar-refractivity contribution >= 4 is 21.6 Å². The van der Waals surface area contributed by atoms with Crippen molar-refractivity contribution < 1.29 is 5.11 Å². The Kier molecular flexibility index (Phi) is 4.27. The largest absolute Gasteiger partial charge is 0.398 e. The lowest BCUT2D eigenvalue weighted by molar-refractivity contribution is 0.179. The number of nitrogen functional groups attached to an aromatic ring is 1. The lowest BCUT2D eigenvalue weighted by atomic mass is 9.96.